The van der Waals surface area contributed by atoms with E-state index in [-0.39, 0.29) is 17.9 Å². The summed E-state index contributed by atoms with van der Waals surface area (Å²) in [5.74, 6) is -1.12. The molecule has 0 radical (unpaired) electrons. The van der Waals surface area contributed by atoms with Gasteiger partial charge in [0, 0.05) is 19.2 Å². The summed E-state index contributed by atoms with van der Waals surface area (Å²) in [5, 5.41) is 20.4. The summed E-state index contributed by atoms with van der Waals surface area (Å²) >= 11 is 0. The number of carboxylic acids is 1. The first-order chi connectivity index (χ1) is 7.95. The van der Waals surface area contributed by atoms with E-state index in [1.165, 1.54) is 0 Å². The summed E-state index contributed by atoms with van der Waals surface area (Å²) in [6.45, 7) is -0.406. The van der Waals surface area contributed by atoms with Gasteiger partial charge in [-0.1, -0.05) is 0 Å². The van der Waals surface area contributed by atoms with Crippen LogP contribution in [0.4, 0.5) is 0 Å². The zero-order valence-corrected chi connectivity index (χ0v) is 9.51. The molecule has 0 aliphatic heterocycles. The first-order valence-corrected chi connectivity index (χ1v) is 6.05. The van der Waals surface area contributed by atoms with Crippen LogP contribution in [-0.4, -0.2) is 35.8 Å². The Hall–Kier alpha value is -1.92. The van der Waals surface area contributed by atoms with E-state index in [1.807, 2.05) is 0 Å². The Kier molecular flexibility index (Phi) is 4.19. The Bertz CT molecular complexity index is 542. The van der Waals surface area contributed by atoms with Gasteiger partial charge in [0.1, 0.15) is 11.4 Å². The quantitative estimate of drug-likeness (QED) is 0.641. The minimum atomic E-state index is -3.72. The Morgan fingerprint density at radius 3 is 2.94 bits per heavy atom. The highest BCUT2D eigenvalue weighted by Gasteiger charge is 2.16. The number of rotatable bonds is 6. The van der Waals surface area contributed by atoms with Gasteiger partial charge in [-0.05, 0) is 0 Å². The Morgan fingerprint density at radius 1 is 1.65 bits per heavy atom. The molecule has 0 bridgehead atoms. The van der Waals surface area contributed by atoms with Gasteiger partial charge in [-0.2, -0.15) is 10.4 Å². The summed E-state index contributed by atoms with van der Waals surface area (Å²) in [4.78, 5) is 10.2. The van der Waals surface area contributed by atoms with Crippen molar-refractivity contribution >= 4 is 16.0 Å². The van der Waals surface area contributed by atoms with E-state index in [1.54, 1.807) is 6.07 Å². The Morgan fingerprint density at radius 2 is 2.35 bits per heavy atom. The summed E-state index contributed by atoms with van der Waals surface area (Å²) in [5.41, 5.74) is 0. The largest absolute Gasteiger partial charge is 0.480 e. The van der Waals surface area contributed by atoms with Crippen LogP contribution in [0, 0.1) is 11.3 Å². The third kappa shape index (κ3) is 3.86. The third-order valence-corrected chi connectivity index (χ3v) is 3.16. The zero-order valence-electron chi connectivity index (χ0n) is 8.70. The second-order valence-corrected chi connectivity index (χ2v) is 4.84. The summed E-state index contributed by atoms with van der Waals surface area (Å²) in [6.07, 6.45) is 2.23. The van der Waals surface area contributed by atoms with Crippen LogP contribution in [0.15, 0.2) is 17.3 Å². The predicted molar refractivity (Wildman–Crippen MR) is 55.3 cm³/mol. The molecular formula is C8H10N4O4S. The van der Waals surface area contributed by atoms with Crippen LogP contribution in [0.5, 0.6) is 0 Å². The molecule has 2 N–H and O–H groups in total. The van der Waals surface area contributed by atoms with Gasteiger partial charge in [0.15, 0.2) is 0 Å². The highest BCUT2D eigenvalue weighted by atomic mass is 32.2. The molecule has 17 heavy (non-hydrogen) atoms. The molecule has 0 aliphatic rings. The molecule has 0 spiro atoms. The number of hydrogen-bond donors (Lipinski definition) is 2. The van der Waals surface area contributed by atoms with Crippen molar-refractivity contribution in [3.63, 3.8) is 0 Å². The molecule has 0 unspecified atom stereocenters. The van der Waals surface area contributed by atoms with Crippen LogP contribution in [-0.2, 0) is 21.4 Å². The second-order valence-electron chi connectivity index (χ2n) is 3.07. The van der Waals surface area contributed by atoms with Crippen LogP contribution in [0.25, 0.3) is 0 Å². The van der Waals surface area contributed by atoms with Crippen LogP contribution in [0.3, 0.4) is 0 Å². The average molecular weight is 258 g/mol. The van der Waals surface area contributed by atoms with Gasteiger partial charge in [-0.25, -0.2) is 13.1 Å². The van der Waals surface area contributed by atoms with Crippen LogP contribution < -0.4 is 4.72 Å². The molecule has 92 valence electrons. The van der Waals surface area contributed by atoms with E-state index in [0.29, 0.717) is 0 Å². The lowest BCUT2D eigenvalue weighted by Gasteiger charge is -2.00. The monoisotopic (exact) mass is 258 g/mol. The maximum Gasteiger partial charge on any atom is 0.325 e. The smallest absolute Gasteiger partial charge is 0.325 e. The van der Waals surface area contributed by atoms with Crippen molar-refractivity contribution < 1.29 is 18.3 Å². The molecule has 0 saturated heterocycles. The summed E-state index contributed by atoms with van der Waals surface area (Å²) in [6, 6.07) is 1.80. The van der Waals surface area contributed by atoms with Crippen molar-refractivity contribution in [2.24, 2.45) is 0 Å². The number of nitrogens with zero attached hydrogens (tertiary/aromatic N) is 3. The zero-order chi connectivity index (χ0) is 12.9. The normalized spacial score (nSPS) is 11.0. The highest BCUT2D eigenvalue weighted by molar-refractivity contribution is 7.89. The molecule has 0 saturated carbocycles. The van der Waals surface area contributed by atoms with Crippen LogP contribution >= 0.6 is 0 Å². The van der Waals surface area contributed by atoms with Gasteiger partial charge in [0.05, 0.1) is 12.3 Å². The molecule has 1 aromatic rings. The maximum absolute atomic E-state index is 11.6. The molecule has 1 rings (SSSR count). The molecule has 9 heteroatoms. The minimum Gasteiger partial charge on any atom is -0.480 e. The van der Waals surface area contributed by atoms with Gasteiger partial charge < -0.3 is 5.11 Å². The lowest BCUT2D eigenvalue weighted by atomic mass is 10.5. The second kappa shape index (κ2) is 5.42. The fraction of sp³-hybridized carbons (Fsp3) is 0.375. The van der Waals surface area contributed by atoms with E-state index < -0.39 is 22.5 Å². The fourth-order valence-corrected chi connectivity index (χ4v) is 2.02. The molecule has 0 aliphatic carbocycles. The Balaban J connectivity index is 2.75. The number of carboxylic acid groups (broad SMARTS) is 1. The van der Waals surface area contributed by atoms with Gasteiger partial charge in [0.2, 0.25) is 10.0 Å². The van der Waals surface area contributed by atoms with E-state index in [4.69, 9.17) is 10.4 Å². The molecule has 0 aromatic carbocycles. The highest BCUT2D eigenvalue weighted by Crippen LogP contribution is 2.06. The number of aliphatic carboxylic acids is 1. The maximum atomic E-state index is 11.6. The average Bonchev–Trinajstić information content (AvgIpc) is 2.66. The Labute approximate surface area is 97.5 Å². The van der Waals surface area contributed by atoms with E-state index >= 15 is 0 Å². The fourth-order valence-electron chi connectivity index (χ4n) is 1.03. The number of carbonyl (C=O) groups is 1. The van der Waals surface area contributed by atoms with Crippen molar-refractivity contribution in [1.82, 2.24) is 14.5 Å². The molecule has 0 amide bonds. The number of aromatic nitrogens is 2. The number of nitrogens with one attached hydrogen (secondary N) is 1. The van der Waals surface area contributed by atoms with E-state index in [0.717, 1.165) is 17.1 Å². The molecular weight excluding hydrogens is 248 g/mol. The van der Waals surface area contributed by atoms with Gasteiger partial charge in [-0.3, -0.25) is 9.48 Å². The van der Waals surface area contributed by atoms with Crippen molar-refractivity contribution in [2.75, 3.05) is 6.54 Å². The molecule has 8 nitrogen and oxygen atoms in total. The van der Waals surface area contributed by atoms with Crippen LogP contribution in [0.1, 0.15) is 6.42 Å². The first kappa shape index (κ1) is 13.1. The van der Waals surface area contributed by atoms with Gasteiger partial charge in [-0.15, -0.1) is 0 Å². The number of hydrogen-bond acceptors (Lipinski definition) is 5. The number of sulfonamides is 1. The summed E-state index contributed by atoms with van der Waals surface area (Å²) in [7, 11) is -3.72. The molecule has 1 aromatic heterocycles. The lowest BCUT2D eigenvalue weighted by molar-refractivity contribution is -0.137. The first-order valence-electron chi connectivity index (χ1n) is 4.56. The van der Waals surface area contributed by atoms with E-state index in [9.17, 15) is 13.2 Å². The van der Waals surface area contributed by atoms with Gasteiger partial charge >= 0.3 is 5.97 Å². The lowest BCUT2D eigenvalue weighted by Crippen LogP contribution is -2.24. The number of nitriles is 1. The third-order valence-electron chi connectivity index (χ3n) is 1.75. The van der Waals surface area contributed by atoms with Crippen LogP contribution in [0.2, 0.25) is 0 Å². The predicted octanol–water partition coefficient (Wildman–Crippen LogP) is -0.840. The minimum absolute atomic E-state index is 0.00292. The molecule has 1 heterocycles. The topological polar surface area (TPSA) is 125 Å². The molecule has 0 atom stereocenters. The van der Waals surface area contributed by atoms with Crippen molar-refractivity contribution in [2.45, 2.75) is 17.9 Å². The SMILES string of the molecule is N#CCCNS(=O)(=O)c1cnn(CC(=O)O)c1. The standard InChI is InChI=1S/C8H10N4O4S/c9-2-1-3-11-17(15,16)7-4-10-12(5-7)6-8(13)14/h4-5,11H,1,3,6H2,(H,13,14). The van der Waals surface area contributed by atoms with Crippen molar-refractivity contribution in [1.29, 1.82) is 5.26 Å². The molecule has 0 fully saturated rings. The van der Waals surface area contributed by atoms with E-state index in [2.05, 4.69) is 9.82 Å². The van der Waals surface area contributed by atoms with Crippen molar-refractivity contribution in [3.05, 3.63) is 12.4 Å². The van der Waals surface area contributed by atoms with Crippen molar-refractivity contribution in [3.8, 4) is 6.07 Å². The van der Waals surface area contributed by atoms with Gasteiger partial charge in [0.25, 0.3) is 0 Å². The summed E-state index contributed by atoms with van der Waals surface area (Å²) < 4.78 is 26.4.